The van der Waals surface area contributed by atoms with Crippen LogP contribution in [-0.4, -0.2) is 79.8 Å². The maximum absolute atomic E-state index is 10.8. The first-order valence-corrected chi connectivity index (χ1v) is 6.78. The van der Waals surface area contributed by atoms with E-state index in [1.807, 2.05) is 0 Å². The molecule has 1 saturated heterocycles. The van der Waals surface area contributed by atoms with Crippen molar-refractivity contribution in [2.45, 2.75) is 12.8 Å². The monoisotopic (exact) mass is 258 g/mol. The van der Waals surface area contributed by atoms with Crippen LogP contribution in [0.25, 0.3) is 0 Å². The number of carbonyl (C=O) groups is 1. The Morgan fingerprint density at radius 1 is 1.11 bits per heavy atom. The van der Waals surface area contributed by atoms with E-state index in [0.29, 0.717) is 6.54 Å². The smallest absolute Gasteiger partial charge is 0.245 e. The molecule has 0 aliphatic carbocycles. The second-order valence-electron chi connectivity index (χ2n) is 4.69. The molecule has 0 aromatic carbocycles. The Kier molecular flexibility index (Phi) is 7.91. The van der Waals surface area contributed by atoms with Gasteiger partial charge in [0, 0.05) is 32.7 Å². The highest BCUT2D eigenvalue weighted by molar-refractivity contribution is 5.76. The van der Waals surface area contributed by atoms with E-state index < -0.39 is 6.61 Å². The van der Waals surface area contributed by atoms with Crippen molar-refractivity contribution >= 4 is 5.91 Å². The zero-order valence-electron chi connectivity index (χ0n) is 11.1. The summed E-state index contributed by atoms with van der Waals surface area (Å²) in [6.45, 7) is 7.54. The molecule has 0 unspecified atom stereocenters. The molecule has 1 rings (SSSR count). The molecule has 0 atom stereocenters. The lowest BCUT2D eigenvalue weighted by molar-refractivity contribution is -0.123. The highest BCUT2D eigenvalue weighted by atomic mass is 16.3. The van der Waals surface area contributed by atoms with Gasteiger partial charge in [-0.25, -0.2) is 0 Å². The van der Waals surface area contributed by atoms with E-state index in [1.165, 1.54) is 0 Å². The number of aliphatic hydroxyl groups excluding tert-OH is 1. The molecule has 1 fully saturated rings. The van der Waals surface area contributed by atoms with Crippen molar-refractivity contribution in [3.8, 4) is 0 Å². The molecular formula is C12H26N4O2. The second kappa shape index (κ2) is 9.27. The molecule has 0 aromatic heterocycles. The maximum atomic E-state index is 10.8. The number of carbonyl (C=O) groups excluding carboxylic acids is 1. The third-order valence-electron chi connectivity index (χ3n) is 3.26. The Morgan fingerprint density at radius 2 is 1.67 bits per heavy atom. The predicted molar refractivity (Wildman–Crippen MR) is 71.3 cm³/mol. The van der Waals surface area contributed by atoms with Crippen LogP contribution in [0.3, 0.4) is 0 Å². The van der Waals surface area contributed by atoms with Crippen LogP contribution in [0.2, 0.25) is 0 Å². The summed E-state index contributed by atoms with van der Waals surface area (Å²) in [5.41, 5.74) is 5.50. The lowest BCUT2D eigenvalue weighted by Gasteiger charge is -2.34. The minimum Gasteiger partial charge on any atom is -0.387 e. The number of hydrogen-bond acceptors (Lipinski definition) is 5. The van der Waals surface area contributed by atoms with Gasteiger partial charge >= 0.3 is 0 Å². The lowest BCUT2D eigenvalue weighted by Crippen LogP contribution is -2.47. The predicted octanol–water partition coefficient (Wildman–Crippen LogP) is -1.55. The van der Waals surface area contributed by atoms with Crippen LogP contribution in [0.4, 0.5) is 0 Å². The normalized spacial score (nSPS) is 17.9. The molecule has 6 nitrogen and oxygen atoms in total. The largest absolute Gasteiger partial charge is 0.387 e. The molecule has 4 N–H and O–H groups in total. The van der Waals surface area contributed by atoms with E-state index in [1.54, 1.807) is 0 Å². The van der Waals surface area contributed by atoms with Gasteiger partial charge in [0.05, 0.1) is 0 Å². The summed E-state index contributed by atoms with van der Waals surface area (Å²) in [6.07, 6.45) is 2.02. The van der Waals surface area contributed by atoms with E-state index in [4.69, 9.17) is 10.8 Å². The fourth-order valence-corrected chi connectivity index (χ4v) is 2.14. The quantitative estimate of drug-likeness (QED) is 0.459. The number of piperazine rings is 1. The van der Waals surface area contributed by atoms with Crippen molar-refractivity contribution in [2.24, 2.45) is 5.73 Å². The van der Waals surface area contributed by atoms with E-state index in [2.05, 4.69) is 15.1 Å². The molecule has 18 heavy (non-hydrogen) atoms. The van der Waals surface area contributed by atoms with Gasteiger partial charge in [-0.05, 0) is 32.5 Å². The first-order chi connectivity index (χ1) is 8.76. The Bertz CT molecular complexity index is 230. The lowest BCUT2D eigenvalue weighted by atomic mass is 10.2. The van der Waals surface area contributed by atoms with Gasteiger partial charge in [0.1, 0.15) is 6.61 Å². The summed E-state index contributed by atoms with van der Waals surface area (Å²) in [7, 11) is 0. The van der Waals surface area contributed by atoms with Crippen molar-refractivity contribution in [1.82, 2.24) is 15.1 Å². The molecule has 6 heteroatoms. The third kappa shape index (κ3) is 6.30. The number of nitrogens with zero attached hydrogens (tertiary/aromatic N) is 2. The van der Waals surface area contributed by atoms with Crippen molar-refractivity contribution in [3.63, 3.8) is 0 Å². The van der Waals surface area contributed by atoms with Gasteiger partial charge in [0.25, 0.3) is 0 Å². The van der Waals surface area contributed by atoms with Crippen LogP contribution in [0.5, 0.6) is 0 Å². The van der Waals surface area contributed by atoms with E-state index >= 15 is 0 Å². The Balaban J connectivity index is 2.00. The second-order valence-corrected chi connectivity index (χ2v) is 4.69. The van der Waals surface area contributed by atoms with Crippen LogP contribution in [-0.2, 0) is 4.79 Å². The fourth-order valence-electron chi connectivity index (χ4n) is 2.14. The van der Waals surface area contributed by atoms with Gasteiger partial charge in [-0.1, -0.05) is 0 Å². The fraction of sp³-hybridized carbons (Fsp3) is 0.917. The van der Waals surface area contributed by atoms with Gasteiger partial charge in [-0.15, -0.1) is 0 Å². The number of nitrogens with two attached hydrogens (primary N) is 1. The van der Waals surface area contributed by atoms with Crippen LogP contribution in [0.15, 0.2) is 0 Å². The SMILES string of the molecule is NCCCN1CCN(CCCNC(=O)CO)CC1. The summed E-state index contributed by atoms with van der Waals surface area (Å²) < 4.78 is 0. The standard InChI is InChI=1S/C12H26N4O2/c13-3-1-5-15-7-9-16(10-8-15)6-2-4-14-12(18)11-17/h17H,1-11,13H2,(H,14,18). The highest BCUT2D eigenvalue weighted by Gasteiger charge is 2.15. The maximum Gasteiger partial charge on any atom is 0.245 e. The van der Waals surface area contributed by atoms with Gasteiger partial charge in [-0.3, -0.25) is 4.79 Å². The molecule has 0 spiro atoms. The van der Waals surface area contributed by atoms with Crippen molar-refractivity contribution in [2.75, 3.05) is 59.0 Å². The number of aliphatic hydroxyl groups is 1. The topological polar surface area (TPSA) is 81.8 Å². The number of rotatable bonds is 8. The van der Waals surface area contributed by atoms with Gasteiger partial charge in [0.15, 0.2) is 0 Å². The van der Waals surface area contributed by atoms with Crippen LogP contribution in [0.1, 0.15) is 12.8 Å². The number of hydrogen-bond donors (Lipinski definition) is 3. The van der Waals surface area contributed by atoms with Crippen LogP contribution >= 0.6 is 0 Å². The van der Waals surface area contributed by atoms with Gasteiger partial charge in [-0.2, -0.15) is 0 Å². The summed E-state index contributed by atoms with van der Waals surface area (Å²) >= 11 is 0. The summed E-state index contributed by atoms with van der Waals surface area (Å²) in [5.74, 6) is -0.290. The van der Waals surface area contributed by atoms with Crippen LogP contribution in [0, 0.1) is 0 Å². The van der Waals surface area contributed by atoms with Gasteiger partial charge in [0.2, 0.25) is 5.91 Å². The first-order valence-electron chi connectivity index (χ1n) is 6.78. The van der Waals surface area contributed by atoms with Crippen molar-refractivity contribution in [3.05, 3.63) is 0 Å². The zero-order chi connectivity index (χ0) is 13.2. The molecule has 0 bridgehead atoms. The molecule has 1 aliphatic heterocycles. The molecule has 1 aliphatic rings. The first kappa shape index (κ1) is 15.4. The molecule has 0 aromatic rings. The summed E-state index contributed by atoms with van der Waals surface area (Å²) in [5, 5.41) is 11.2. The third-order valence-corrected chi connectivity index (χ3v) is 3.26. The highest BCUT2D eigenvalue weighted by Crippen LogP contribution is 2.02. The molecule has 0 saturated carbocycles. The van der Waals surface area contributed by atoms with E-state index in [0.717, 1.165) is 58.7 Å². The minimum absolute atomic E-state index is 0.290. The Hall–Kier alpha value is -0.690. The molecular weight excluding hydrogens is 232 g/mol. The molecule has 0 radical (unpaired) electrons. The zero-order valence-corrected chi connectivity index (χ0v) is 11.1. The van der Waals surface area contributed by atoms with Gasteiger partial charge < -0.3 is 26.0 Å². The average molecular weight is 258 g/mol. The molecule has 1 amide bonds. The van der Waals surface area contributed by atoms with E-state index in [9.17, 15) is 4.79 Å². The average Bonchev–Trinajstić information content (AvgIpc) is 2.42. The summed E-state index contributed by atoms with van der Waals surface area (Å²) in [4.78, 5) is 15.7. The van der Waals surface area contributed by atoms with Crippen molar-refractivity contribution in [1.29, 1.82) is 0 Å². The number of nitrogens with one attached hydrogen (secondary N) is 1. The summed E-state index contributed by atoms with van der Waals surface area (Å²) in [6, 6.07) is 0. The molecule has 1 heterocycles. The minimum atomic E-state index is -0.417. The molecule has 106 valence electrons. The van der Waals surface area contributed by atoms with Crippen LogP contribution < -0.4 is 11.1 Å². The Labute approximate surface area is 109 Å². The Morgan fingerprint density at radius 3 is 2.17 bits per heavy atom. The van der Waals surface area contributed by atoms with E-state index in [-0.39, 0.29) is 5.91 Å². The van der Waals surface area contributed by atoms with Crippen molar-refractivity contribution < 1.29 is 9.90 Å². The number of amides is 1.